The molecule has 2 nitrogen and oxygen atoms in total. The van der Waals surface area contributed by atoms with E-state index in [1.807, 2.05) is 0 Å². The number of rotatable bonds is 3. The summed E-state index contributed by atoms with van der Waals surface area (Å²) in [6.45, 7) is 0. The van der Waals surface area contributed by atoms with E-state index in [2.05, 4.69) is 4.74 Å². The highest BCUT2D eigenvalue weighted by Crippen LogP contribution is 2.29. The Morgan fingerprint density at radius 3 is 1.84 bits per heavy atom. The van der Waals surface area contributed by atoms with Crippen LogP contribution in [0.4, 0.5) is 26.3 Å². The zero-order valence-electron chi connectivity index (χ0n) is 9.26. The summed E-state index contributed by atoms with van der Waals surface area (Å²) in [5.41, 5.74) is 5.36. The van der Waals surface area contributed by atoms with Gasteiger partial charge in [-0.1, -0.05) is 12.1 Å². The molecule has 19 heavy (non-hydrogen) atoms. The van der Waals surface area contributed by atoms with Crippen LogP contribution in [0.15, 0.2) is 24.3 Å². The zero-order chi connectivity index (χ0) is 14.0. The molecule has 0 saturated carbocycles. The third-order valence-electron chi connectivity index (χ3n) is 1.99. The number of benzene rings is 1. The van der Waals surface area contributed by atoms with Gasteiger partial charge in [-0.3, -0.25) is 0 Å². The lowest BCUT2D eigenvalue weighted by Crippen LogP contribution is -2.20. The first kappa shape index (κ1) is 17.8. The number of halogens is 7. The van der Waals surface area contributed by atoms with E-state index in [1.165, 1.54) is 0 Å². The molecule has 1 aromatic rings. The van der Waals surface area contributed by atoms with E-state index in [0.29, 0.717) is 0 Å². The number of hydrogen-bond donors (Lipinski definition) is 1. The van der Waals surface area contributed by atoms with Gasteiger partial charge in [0, 0.05) is 6.04 Å². The van der Waals surface area contributed by atoms with Crippen molar-refractivity contribution in [3.05, 3.63) is 29.8 Å². The molecule has 0 aliphatic carbocycles. The fraction of sp³-hybridized carbons (Fsp3) is 0.400. The minimum Gasteiger partial charge on any atom is -0.406 e. The summed E-state index contributed by atoms with van der Waals surface area (Å²) in [5.74, 6) is -0.509. The van der Waals surface area contributed by atoms with Crippen LogP contribution < -0.4 is 10.5 Å². The molecule has 1 aromatic carbocycles. The first-order chi connectivity index (χ1) is 8.07. The molecule has 110 valence electrons. The minimum absolute atomic E-state index is 0. The Bertz CT molecular complexity index is 388. The Kier molecular flexibility index (Phi) is 5.95. The van der Waals surface area contributed by atoms with Crippen LogP contribution in [0.25, 0.3) is 0 Å². The Morgan fingerprint density at radius 1 is 1.00 bits per heavy atom. The SMILES string of the molecule is Cl.N[C@H](CC(F)(F)F)c1ccc(OC(F)(F)F)cc1. The van der Waals surface area contributed by atoms with Crippen LogP contribution in [-0.4, -0.2) is 12.5 Å². The summed E-state index contributed by atoms with van der Waals surface area (Å²) in [4.78, 5) is 0. The van der Waals surface area contributed by atoms with Crippen molar-refractivity contribution in [1.29, 1.82) is 0 Å². The molecular weight excluding hydrogens is 300 g/mol. The third kappa shape index (κ3) is 7.12. The maximum absolute atomic E-state index is 12.0. The zero-order valence-corrected chi connectivity index (χ0v) is 10.1. The standard InChI is InChI=1S/C10H9F6NO.ClH/c11-9(12,13)5-8(17)6-1-3-7(4-2-6)18-10(14,15)16;/h1-4,8H,5,17H2;1H/t8-;/m1./s1. The highest BCUT2D eigenvalue weighted by Gasteiger charge is 2.32. The maximum Gasteiger partial charge on any atom is 0.573 e. The maximum atomic E-state index is 12.0. The van der Waals surface area contributed by atoms with E-state index in [0.717, 1.165) is 24.3 Å². The van der Waals surface area contributed by atoms with Crippen molar-refractivity contribution >= 4 is 12.4 Å². The molecule has 0 saturated heterocycles. The molecule has 0 unspecified atom stereocenters. The van der Waals surface area contributed by atoms with Crippen molar-refractivity contribution in [2.75, 3.05) is 0 Å². The van der Waals surface area contributed by atoms with Gasteiger partial charge in [-0.25, -0.2) is 0 Å². The molecule has 0 bridgehead atoms. The van der Waals surface area contributed by atoms with Gasteiger partial charge in [-0.2, -0.15) is 13.2 Å². The van der Waals surface area contributed by atoms with Crippen molar-refractivity contribution in [3.63, 3.8) is 0 Å². The average Bonchev–Trinajstić information content (AvgIpc) is 2.13. The van der Waals surface area contributed by atoms with Crippen molar-refractivity contribution in [2.24, 2.45) is 5.73 Å². The summed E-state index contributed by atoms with van der Waals surface area (Å²) in [7, 11) is 0. The topological polar surface area (TPSA) is 35.2 Å². The van der Waals surface area contributed by atoms with Gasteiger partial charge in [-0.05, 0) is 17.7 Å². The Hall–Kier alpha value is -1.15. The summed E-state index contributed by atoms with van der Waals surface area (Å²) >= 11 is 0. The number of alkyl halides is 6. The quantitative estimate of drug-likeness (QED) is 0.858. The van der Waals surface area contributed by atoms with E-state index in [-0.39, 0.29) is 18.0 Å². The third-order valence-corrected chi connectivity index (χ3v) is 1.99. The molecule has 0 radical (unpaired) electrons. The monoisotopic (exact) mass is 309 g/mol. The van der Waals surface area contributed by atoms with Gasteiger partial charge in [0.25, 0.3) is 0 Å². The first-order valence-corrected chi connectivity index (χ1v) is 4.75. The molecule has 0 spiro atoms. The van der Waals surface area contributed by atoms with Crippen LogP contribution >= 0.6 is 12.4 Å². The van der Waals surface area contributed by atoms with Gasteiger partial charge in [0.1, 0.15) is 5.75 Å². The Labute approximate surface area is 110 Å². The number of ether oxygens (including phenoxy) is 1. The van der Waals surface area contributed by atoms with E-state index < -0.39 is 30.8 Å². The first-order valence-electron chi connectivity index (χ1n) is 4.75. The van der Waals surface area contributed by atoms with Gasteiger partial charge in [0.15, 0.2) is 0 Å². The van der Waals surface area contributed by atoms with Gasteiger partial charge in [-0.15, -0.1) is 25.6 Å². The second-order valence-corrected chi connectivity index (χ2v) is 3.54. The molecular formula is C10H10ClF6NO. The average molecular weight is 310 g/mol. The predicted octanol–water partition coefficient (Wildman–Crippen LogP) is 3.96. The largest absolute Gasteiger partial charge is 0.573 e. The summed E-state index contributed by atoms with van der Waals surface area (Å²) in [6, 6.07) is 2.65. The van der Waals surface area contributed by atoms with E-state index in [1.54, 1.807) is 0 Å². The van der Waals surface area contributed by atoms with E-state index in [9.17, 15) is 26.3 Å². The van der Waals surface area contributed by atoms with Gasteiger partial charge in [0.05, 0.1) is 6.42 Å². The van der Waals surface area contributed by atoms with E-state index in [4.69, 9.17) is 5.73 Å². The van der Waals surface area contributed by atoms with Gasteiger partial charge < -0.3 is 10.5 Å². The molecule has 0 aromatic heterocycles. The summed E-state index contributed by atoms with van der Waals surface area (Å²) in [5, 5.41) is 0. The van der Waals surface area contributed by atoms with Crippen molar-refractivity contribution in [1.82, 2.24) is 0 Å². The molecule has 9 heteroatoms. The smallest absolute Gasteiger partial charge is 0.406 e. The van der Waals surface area contributed by atoms with Crippen molar-refractivity contribution in [2.45, 2.75) is 25.0 Å². The molecule has 0 aliphatic heterocycles. The second-order valence-electron chi connectivity index (χ2n) is 3.54. The number of nitrogens with two attached hydrogens (primary N) is 1. The van der Waals surface area contributed by atoms with E-state index >= 15 is 0 Å². The van der Waals surface area contributed by atoms with Crippen LogP contribution in [-0.2, 0) is 0 Å². The van der Waals surface area contributed by atoms with Crippen LogP contribution in [0.1, 0.15) is 18.0 Å². The second kappa shape index (κ2) is 6.33. The summed E-state index contributed by atoms with van der Waals surface area (Å²) in [6.07, 6.45) is -10.5. The molecule has 1 rings (SSSR count). The lowest BCUT2D eigenvalue weighted by Gasteiger charge is -2.15. The van der Waals surface area contributed by atoms with Crippen LogP contribution in [0.3, 0.4) is 0 Å². The Balaban J connectivity index is 0.00000324. The lowest BCUT2D eigenvalue weighted by atomic mass is 10.0. The Morgan fingerprint density at radius 2 is 1.47 bits per heavy atom. The fourth-order valence-corrected chi connectivity index (χ4v) is 1.28. The molecule has 2 N–H and O–H groups in total. The molecule has 0 amide bonds. The molecule has 0 aliphatic rings. The predicted molar refractivity (Wildman–Crippen MR) is 58.0 cm³/mol. The highest BCUT2D eigenvalue weighted by atomic mass is 35.5. The fourth-order valence-electron chi connectivity index (χ4n) is 1.28. The minimum atomic E-state index is -4.84. The normalized spacial score (nSPS) is 13.6. The van der Waals surface area contributed by atoms with Gasteiger partial charge >= 0.3 is 12.5 Å². The molecule has 0 fully saturated rings. The highest BCUT2D eigenvalue weighted by molar-refractivity contribution is 5.85. The van der Waals surface area contributed by atoms with Crippen molar-refractivity contribution in [3.8, 4) is 5.75 Å². The lowest BCUT2D eigenvalue weighted by molar-refractivity contribution is -0.274. The molecule has 1 atom stereocenters. The van der Waals surface area contributed by atoms with Gasteiger partial charge in [0.2, 0.25) is 0 Å². The van der Waals surface area contributed by atoms with Crippen LogP contribution in [0.5, 0.6) is 5.75 Å². The molecule has 0 heterocycles. The van der Waals surface area contributed by atoms with Crippen molar-refractivity contribution < 1.29 is 31.1 Å². The van der Waals surface area contributed by atoms with Crippen LogP contribution in [0.2, 0.25) is 0 Å². The summed E-state index contributed by atoms with van der Waals surface area (Å²) < 4.78 is 75.2. The number of hydrogen-bond acceptors (Lipinski definition) is 2. The van der Waals surface area contributed by atoms with Crippen LogP contribution in [0, 0.1) is 0 Å².